The molecule has 35 heavy (non-hydrogen) atoms. The van der Waals surface area contributed by atoms with Crippen molar-refractivity contribution in [3.05, 3.63) is 65.1 Å². The molecule has 0 saturated heterocycles. The molecule has 0 spiro atoms. The van der Waals surface area contributed by atoms with Gasteiger partial charge in [0.15, 0.2) is 11.6 Å². The van der Waals surface area contributed by atoms with Gasteiger partial charge >= 0.3 is 6.09 Å². The third-order valence-electron chi connectivity index (χ3n) is 6.09. The molecule has 0 fully saturated rings. The maximum Gasteiger partial charge on any atom is 0.419 e. The van der Waals surface area contributed by atoms with Gasteiger partial charge in [-0.05, 0) is 44.5 Å². The molecule has 2 aromatic heterocycles. The number of hydrogen-bond donors (Lipinski definition) is 2. The summed E-state index contributed by atoms with van der Waals surface area (Å²) in [5.74, 6) is 0.364. The Morgan fingerprint density at radius 2 is 2.03 bits per heavy atom. The topological polar surface area (TPSA) is 85.6 Å². The number of nitrogens with one attached hydrogen (secondary N) is 1. The maximum absolute atomic E-state index is 14.5. The van der Waals surface area contributed by atoms with Crippen LogP contribution in [0.2, 0.25) is 0 Å². The van der Waals surface area contributed by atoms with Crippen molar-refractivity contribution in [3.63, 3.8) is 0 Å². The quantitative estimate of drug-likeness (QED) is 0.430. The second-order valence-corrected chi connectivity index (χ2v) is 9.83. The van der Waals surface area contributed by atoms with Crippen molar-refractivity contribution in [2.45, 2.75) is 45.3 Å². The molecule has 0 saturated carbocycles. The molecular weight excluding hydrogens is 449 g/mol. The Hall–Kier alpha value is -3.65. The van der Waals surface area contributed by atoms with Gasteiger partial charge in [0.05, 0.1) is 29.9 Å². The largest absolute Gasteiger partial charge is 0.494 e. The minimum absolute atomic E-state index is 0.163. The summed E-state index contributed by atoms with van der Waals surface area (Å²) in [6.45, 7) is 5.84. The molecule has 8 heteroatoms. The van der Waals surface area contributed by atoms with Gasteiger partial charge in [0, 0.05) is 35.7 Å². The van der Waals surface area contributed by atoms with Crippen molar-refractivity contribution in [2.24, 2.45) is 0 Å². The van der Waals surface area contributed by atoms with Crippen LogP contribution in [0.5, 0.6) is 5.75 Å². The van der Waals surface area contributed by atoms with E-state index >= 15 is 0 Å². The van der Waals surface area contributed by atoms with Gasteiger partial charge in [0.2, 0.25) is 0 Å². The van der Waals surface area contributed by atoms with Crippen molar-refractivity contribution in [2.75, 3.05) is 19.0 Å². The lowest BCUT2D eigenvalue weighted by molar-refractivity contribution is 0.0551. The van der Waals surface area contributed by atoms with E-state index in [9.17, 15) is 14.3 Å². The van der Waals surface area contributed by atoms with E-state index in [1.165, 1.54) is 13.2 Å². The van der Waals surface area contributed by atoms with Gasteiger partial charge in [0.25, 0.3) is 0 Å². The standard InChI is InChI=1S/C27H28FN3O4/c1-27(2,3)35-26(33)31-21-8-6-5-7-17(21)23-18-13-16(32)14-29-25(18)30-20(24(23)31)12-15-9-10-22(34-4)19(28)11-15/h5-11,16,32H,12-14H2,1-4H3,(H,29,30). The summed E-state index contributed by atoms with van der Waals surface area (Å²) < 4.78 is 26.9. The third-order valence-corrected chi connectivity index (χ3v) is 6.09. The van der Waals surface area contributed by atoms with Gasteiger partial charge in [-0.25, -0.2) is 18.7 Å². The van der Waals surface area contributed by atoms with Gasteiger partial charge in [-0.15, -0.1) is 0 Å². The molecule has 0 radical (unpaired) electrons. The highest BCUT2D eigenvalue weighted by Gasteiger charge is 2.29. The van der Waals surface area contributed by atoms with Crippen LogP contribution in [0.15, 0.2) is 42.5 Å². The van der Waals surface area contributed by atoms with Gasteiger partial charge < -0.3 is 19.9 Å². The Morgan fingerprint density at radius 3 is 2.74 bits per heavy atom. The smallest absolute Gasteiger partial charge is 0.419 e. The van der Waals surface area contributed by atoms with Crippen LogP contribution in [-0.4, -0.2) is 46.1 Å². The van der Waals surface area contributed by atoms with E-state index in [2.05, 4.69) is 5.32 Å². The molecule has 1 unspecified atom stereocenters. The Kier molecular flexibility index (Phi) is 5.63. The number of ether oxygens (including phenoxy) is 2. The highest BCUT2D eigenvalue weighted by molar-refractivity contribution is 6.15. The monoisotopic (exact) mass is 477 g/mol. The van der Waals surface area contributed by atoms with E-state index in [0.717, 1.165) is 16.3 Å². The van der Waals surface area contributed by atoms with Crippen LogP contribution in [0.25, 0.3) is 21.8 Å². The van der Waals surface area contributed by atoms with Crippen LogP contribution >= 0.6 is 0 Å². The molecule has 0 amide bonds. The number of methoxy groups -OCH3 is 1. The minimum atomic E-state index is -0.701. The summed E-state index contributed by atoms with van der Waals surface area (Å²) in [5, 5.41) is 15.3. The Labute approximate surface area is 202 Å². The van der Waals surface area contributed by atoms with Gasteiger partial charge in [0.1, 0.15) is 11.4 Å². The Balaban J connectivity index is 1.80. The number of carbonyl (C=O) groups excluding carboxylic acids is 1. The van der Waals surface area contributed by atoms with Gasteiger partial charge in [-0.3, -0.25) is 0 Å². The molecule has 1 aliphatic heterocycles. The van der Waals surface area contributed by atoms with Crippen molar-refractivity contribution in [1.82, 2.24) is 9.55 Å². The highest BCUT2D eigenvalue weighted by Crippen LogP contribution is 2.39. The summed E-state index contributed by atoms with van der Waals surface area (Å²) in [6.07, 6.45) is -0.394. The number of pyridine rings is 1. The lowest BCUT2D eigenvalue weighted by atomic mass is 9.97. The number of anilines is 1. The molecule has 1 aliphatic rings. The summed E-state index contributed by atoms with van der Waals surface area (Å²) in [6, 6.07) is 12.4. The number of benzene rings is 2. The molecule has 2 aromatic carbocycles. The van der Waals surface area contributed by atoms with Crippen molar-refractivity contribution < 1.29 is 23.8 Å². The van der Waals surface area contributed by atoms with Gasteiger partial charge in [-0.1, -0.05) is 24.3 Å². The molecular formula is C27H28FN3O4. The number of hydrogen-bond acceptors (Lipinski definition) is 6. The molecule has 4 aromatic rings. The number of rotatable bonds is 3. The first-order chi connectivity index (χ1) is 16.7. The first kappa shape index (κ1) is 23.1. The van der Waals surface area contributed by atoms with Gasteiger partial charge in [-0.2, -0.15) is 0 Å². The average Bonchev–Trinajstić information content (AvgIpc) is 3.15. The maximum atomic E-state index is 14.5. The van der Waals surface area contributed by atoms with E-state index in [1.54, 1.807) is 16.7 Å². The van der Waals surface area contributed by atoms with E-state index in [0.29, 0.717) is 41.1 Å². The third kappa shape index (κ3) is 4.18. The molecule has 182 valence electrons. The molecule has 5 rings (SSSR count). The second kappa shape index (κ2) is 8.53. The first-order valence-electron chi connectivity index (χ1n) is 11.6. The fraction of sp³-hybridized carbons (Fsp3) is 0.333. The SMILES string of the molecule is COc1ccc(Cc2nc3c(c4c5ccccc5n(C(=O)OC(C)(C)C)c24)CC(O)CN3)cc1F. The lowest BCUT2D eigenvalue weighted by Gasteiger charge is -2.24. The summed E-state index contributed by atoms with van der Waals surface area (Å²) in [4.78, 5) is 18.4. The normalized spacial score (nSPS) is 15.7. The predicted molar refractivity (Wildman–Crippen MR) is 133 cm³/mol. The number of halogens is 1. The summed E-state index contributed by atoms with van der Waals surface area (Å²) >= 11 is 0. The molecule has 7 nitrogen and oxygen atoms in total. The fourth-order valence-electron chi connectivity index (χ4n) is 4.69. The first-order valence-corrected chi connectivity index (χ1v) is 11.6. The fourth-order valence-corrected chi connectivity index (χ4v) is 4.69. The van der Waals surface area contributed by atoms with Crippen molar-refractivity contribution in [3.8, 4) is 5.75 Å². The zero-order chi connectivity index (χ0) is 24.9. The molecule has 3 heterocycles. The number of aromatic nitrogens is 2. The van der Waals surface area contributed by atoms with Crippen LogP contribution in [0, 0.1) is 5.82 Å². The molecule has 2 N–H and O–H groups in total. The summed E-state index contributed by atoms with van der Waals surface area (Å²) in [7, 11) is 1.42. The highest BCUT2D eigenvalue weighted by atomic mass is 19.1. The Bertz CT molecular complexity index is 1450. The Morgan fingerprint density at radius 1 is 1.26 bits per heavy atom. The van der Waals surface area contributed by atoms with E-state index < -0.39 is 23.6 Å². The number of β-amino-alcohol motifs (C(OH)–C–C–N with tert-alkyl or cyclic N) is 1. The molecule has 0 aliphatic carbocycles. The summed E-state index contributed by atoms with van der Waals surface area (Å²) in [5.41, 5.74) is 2.73. The van der Waals surface area contributed by atoms with E-state index in [1.807, 2.05) is 45.0 Å². The zero-order valence-electron chi connectivity index (χ0n) is 20.2. The van der Waals surface area contributed by atoms with E-state index in [-0.39, 0.29) is 12.2 Å². The average molecular weight is 478 g/mol. The van der Waals surface area contributed by atoms with E-state index in [4.69, 9.17) is 14.5 Å². The zero-order valence-corrected chi connectivity index (χ0v) is 20.2. The number of para-hydroxylation sites is 1. The van der Waals surface area contributed by atoms with Crippen LogP contribution < -0.4 is 10.1 Å². The number of aliphatic hydroxyl groups excluding tert-OH is 1. The van der Waals surface area contributed by atoms with Crippen molar-refractivity contribution in [1.29, 1.82) is 0 Å². The minimum Gasteiger partial charge on any atom is -0.494 e. The number of carbonyl (C=O) groups is 1. The number of nitrogens with zero attached hydrogens (tertiary/aromatic N) is 2. The lowest BCUT2D eigenvalue weighted by Crippen LogP contribution is -2.29. The van der Waals surface area contributed by atoms with Crippen LogP contribution in [0.3, 0.4) is 0 Å². The van der Waals surface area contributed by atoms with Crippen LogP contribution in [0.4, 0.5) is 15.0 Å². The van der Waals surface area contributed by atoms with Crippen LogP contribution in [0.1, 0.15) is 37.6 Å². The second-order valence-electron chi connectivity index (χ2n) is 9.83. The molecule has 0 bridgehead atoms. The number of fused-ring (bicyclic) bond motifs is 5. The number of aliphatic hydroxyl groups is 1. The predicted octanol–water partition coefficient (Wildman–Crippen LogP) is 5.04. The van der Waals surface area contributed by atoms with Crippen LogP contribution in [-0.2, 0) is 17.6 Å². The molecule has 1 atom stereocenters. The van der Waals surface area contributed by atoms with Crippen molar-refractivity contribution >= 4 is 33.7 Å².